The van der Waals surface area contributed by atoms with Gasteiger partial charge >= 0.3 is 5.97 Å². The molecule has 1 aromatic rings. The number of hydrogen-bond donors (Lipinski definition) is 1. The highest BCUT2D eigenvalue weighted by Crippen LogP contribution is 2.10. The molecule has 0 radical (unpaired) electrons. The van der Waals surface area contributed by atoms with E-state index in [1.165, 1.54) is 4.90 Å². The van der Waals surface area contributed by atoms with Crippen molar-refractivity contribution in [2.45, 2.75) is 27.3 Å². The molecule has 1 amide bonds. The van der Waals surface area contributed by atoms with Gasteiger partial charge in [-0.3, -0.25) is 9.59 Å². The van der Waals surface area contributed by atoms with Crippen LogP contribution in [0.2, 0.25) is 0 Å². The smallest absolute Gasteiger partial charge is 0.325 e. The molecule has 0 atom stereocenters. The van der Waals surface area contributed by atoms with Crippen molar-refractivity contribution in [3.05, 3.63) is 35.4 Å². The Bertz CT molecular complexity index is 469. The number of carbonyl (C=O) groups is 2. The highest BCUT2D eigenvalue weighted by atomic mass is 16.5. The van der Waals surface area contributed by atoms with Crippen molar-refractivity contribution in [1.29, 1.82) is 0 Å². The van der Waals surface area contributed by atoms with Gasteiger partial charge in [0.15, 0.2) is 0 Å². The monoisotopic (exact) mass is 292 g/mol. The minimum absolute atomic E-state index is 0.0243. The molecule has 0 fully saturated rings. The van der Waals surface area contributed by atoms with Crippen LogP contribution in [0.5, 0.6) is 0 Å². The lowest BCUT2D eigenvalue weighted by Gasteiger charge is -2.23. The molecule has 0 saturated carbocycles. The molecule has 1 aromatic carbocycles. The zero-order valence-corrected chi connectivity index (χ0v) is 13.0. The maximum Gasteiger partial charge on any atom is 0.325 e. The number of nitrogens with zero attached hydrogens (tertiary/aromatic N) is 1. The topological polar surface area (TPSA) is 72.6 Å². The minimum Gasteiger partial charge on any atom is -0.465 e. The third kappa shape index (κ3) is 5.55. The van der Waals surface area contributed by atoms with Crippen molar-refractivity contribution < 1.29 is 14.3 Å². The van der Waals surface area contributed by atoms with E-state index in [-0.39, 0.29) is 24.3 Å². The molecule has 0 aromatic heterocycles. The maximum absolute atomic E-state index is 12.5. The Morgan fingerprint density at radius 2 is 1.86 bits per heavy atom. The van der Waals surface area contributed by atoms with Crippen molar-refractivity contribution in [1.82, 2.24) is 4.90 Å². The first kappa shape index (κ1) is 17.2. The summed E-state index contributed by atoms with van der Waals surface area (Å²) >= 11 is 0. The molecule has 116 valence electrons. The van der Waals surface area contributed by atoms with Gasteiger partial charge in [-0.15, -0.1) is 0 Å². The molecule has 0 bridgehead atoms. The van der Waals surface area contributed by atoms with Crippen LogP contribution in [0.25, 0.3) is 0 Å². The maximum atomic E-state index is 12.5. The third-order valence-electron chi connectivity index (χ3n) is 2.93. The van der Waals surface area contributed by atoms with Crippen molar-refractivity contribution >= 4 is 11.9 Å². The number of carbonyl (C=O) groups excluding carboxylic acids is 2. The molecule has 21 heavy (non-hydrogen) atoms. The normalized spacial score (nSPS) is 10.5. The number of amides is 1. The van der Waals surface area contributed by atoms with Gasteiger partial charge in [-0.05, 0) is 30.5 Å². The van der Waals surface area contributed by atoms with Crippen LogP contribution in [-0.4, -0.2) is 36.5 Å². The summed E-state index contributed by atoms with van der Waals surface area (Å²) in [5.74, 6) is -0.280. The number of esters is 1. The second-order valence-corrected chi connectivity index (χ2v) is 5.29. The van der Waals surface area contributed by atoms with Crippen LogP contribution in [-0.2, 0) is 16.1 Å². The molecule has 1 rings (SSSR count). The van der Waals surface area contributed by atoms with Crippen molar-refractivity contribution in [2.75, 3.05) is 19.7 Å². The van der Waals surface area contributed by atoms with Crippen molar-refractivity contribution in [3.63, 3.8) is 0 Å². The van der Waals surface area contributed by atoms with Gasteiger partial charge in [0.25, 0.3) is 5.91 Å². The lowest BCUT2D eigenvalue weighted by atomic mass is 10.1. The predicted molar refractivity (Wildman–Crippen MR) is 81.7 cm³/mol. The fourth-order valence-corrected chi connectivity index (χ4v) is 1.99. The van der Waals surface area contributed by atoms with Gasteiger partial charge in [-0.2, -0.15) is 0 Å². The largest absolute Gasteiger partial charge is 0.465 e. The standard InChI is InChI=1S/C16H24N2O3/c1-4-21-15(19)11-18(10-12(2)3)16(20)14-7-5-13(9-17)6-8-14/h5-8,12H,4,9-11,17H2,1-3H3. The zero-order valence-electron chi connectivity index (χ0n) is 13.0. The molecule has 0 aliphatic heterocycles. The van der Waals surface area contributed by atoms with E-state index in [2.05, 4.69) is 0 Å². The molecular formula is C16H24N2O3. The van der Waals surface area contributed by atoms with Crippen LogP contribution >= 0.6 is 0 Å². The quantitative estimate of drug-likeness (QED) is 0.778. The van der Waals surface area contributed by atoms with Crippen LogP contribution in [0.1, 0.15) is 36.7 Å². The lowest BCUT2D eigenvalue weighted by molar-refractivity contribution is -0.143. The van der Waals surface area contributed by atoms with E-state index in [0.29, 0.717) is 25.3 Å². The second-order valence-electron chi connectivity index (χ2n) is 5.29. The Hall–Kier alpha value is -1.88. The fourth-order valence-electron chi connectivity index (χ4n) is 1.99. The van der Waals surface area contributed by atoms with E-state index in [1.807, 2.05) is 26.0 Å². The van der Waals surface area contributed by atoms with Crippen molar-refractivity contribution in [2.24, 2.45) is 11.7 Å². The minimum atomic E-state index is -0.384. The molecule has 0 aliphatic carbocycles. The number of rotatable bonds is 7. The summed E-state index contributed by atoms with van der Waals surface area (Å²) in [7, 11) is 0. The molecule has 5 heteroatoms. The second kappa shape index (κ2) is 8.42. The van der Waals surface area contributed by atoms with Crippen LogP contribution in [0, 0.1) is 5.92 Å². The van der Waals surface area contributed by atoms with Crippen LogP contribution < -0.4 is 5.73 Å². The average Bonchev–Trinajstić information content (AvgIpc) is 2.45. The number of benzene rings is 1. The zero-order chi connectivity index (χ0) is 15.8. The molecular weight excluding hydrogens is 268 g/mol. The highest BCUT2D eigenvalue weighted by molar-refractivity contribution is 5.96. The summed E-state index contributed by atoms with van der Waals surface area (Å²) in [6.45, 7) is 6.99. The van der Waals surface area contributed by atoms with Gasteiger partial charge in [0, 0.05) is 18.7 Å². The van der Waals surface area contributed by atoms with E-state index >= 15 is 0 Å². The average molecular weight is 292 g/mol. The Labute approximate surface area is 126 Å². The van der Waals surface area contributed by atoms with Crippen LogP contribution in [0.15, 0.2) is 24.3 Å². The summed E-state index contributed by atoms with van der Waals surface area (Å²) in [6, 6.07) is 7.13. The molecule has 0 spiro atoms. The number of hydrogen-bond acceptors (Lipinski definition) is 4. The highest BCUT2D eigenvalue weighted by Gasteiger charge is 2.20. The predicted octanol–water partition coefficient (Wildman–Crippen LogP) is 1.81. The SMILES string of the molecule is CCOC(=O)CN(CC(C)C)C(=O)c1ccc(CN)cc1. The van der Waals surface area contributed by atoms with Gasteiger partial charge in [0.2, 0.25) is 0 Å². The van der Waals surface area contributed by atoms with Gasteiger partial charge in [-0.25, -0.2) is 0 Å². The summed E-state index contributed by atoms with van der Waals surface area (Å²) in [6.07, 6.45) is 0. The third-order valence-corrected chi connectivity index (χ3v) is 2.93. The van der Waals surface area contributed by atoms with Gasteiger partial charge in [-0.1, -0.05) is 26.0 Å². The first-order valence-electron chi connectivity index (χ1n) is 7.21. The Morgan fingerprint density at radius 1 is 1.24 bits per heavy atom. The van der Waals surface area contributed by atoms with Gasteiger partial charge in [0.1, 0.15) is 6.54 Å². The van der Waals surface area contributed by atoms with E-state index in [1.54, 1.807) is 19.1 Å². The first-order chi connectivity index (χ1) is 9.97. The van der Waals surface area contributed by atoms with Crippen molar-refractivity contribution in [3.8, 4) is 0 Å². The number of ether oxygens (including phenoxy) is 1. The Morgan fingerprint density at radius 3 is 2.33 bits per heavy atom. The molecule has 0 unspecified atom stereocenters. The summed E-state index contributed by atoms with van der Waals surface area (Å²) in [5.41, 5.74) is 7.06. The van der Waals surface area contributed by atoms with Crippen LogP contribution in [0.3, 0.4) is 0 Å². The first-order valence-corrected chi connectivity index (χ1v) is 7.21. The van der Waals surface area contributed by atoms with E-state index in [0.717, 1.165) is 5.56 Å². The molecule has 0 heterocycles. The molecule has 0 saturated heterocycles. The fraction of sp³-hybridized carbons (Fsp3) is 0.500. The molecule has 5 nitrogen and oxygen atoms in total. The van der Waals surface area contributed by atoms with Crippen LogP contribution in [0.4, 0.5) is 0 Å². The van der Waals surface area contributed by atoms with E-state index in [9.17, 15) is 9.59 Å². The Balaban J connectivity index is 2.84. The van der Waals surface area contributed by atoms with Gasteiger partial charge in [0.05, 0.1) is 6.61 Å². The summed E-state index contributed by atoms with van der Waals surface area (Å²) < 4.78 is 4.93. The number of nitrogens with two attached hydrogens (primary N) is 1. The summed E-state index contributed by atoms with van der Waals surface area (Å²) in [5, 5.41) is 0. The molecule has 0 aliphatic rings. The molecule has 2 N–H and O–H groups in total. The summed E-state index contributed by atoms with van der Waals surface area (Å²) in [4.78, 5) is 25.7. The van der Waals surface area contributed by atoms with E-state index in [4.69, 9.17) is 10.5 Å². The van der Waals surface area contributed by atoms with Gasteiger partial charge < -0.3 is 15.4 Å². The van der Waals surface area contributed by atoms with E-state index < -0.39 is 0 Å². The Kier molecular flexibility index (Phi) is 6.88. The lowest BCUT2D eigenvalue weighted by Crippen LogP contribution is -2.39.